The summed E-state index contributed by atoms with van der Waals surface area (Å²) in [5, 5.41) is 14.1. The van der Waals surface area contributed by atoms with Gasteiger partial charge >= 0.3 is 0 Å². The SMILES string of the molecule is CCO.CC[C@@H]1COc2cc(C(=O)N3CC[C@H](NC)C3)cnc2N1.[HH]. The van der Waals surface area contributed by atoms with Crippen LogP contribution in [0.4, 0.5) is 5.82 Å². The van der Waals surface area contributed by atoms with Crippen LogP contribution in [-0.2, 0) is 0 Å². The van der Waals surface area contributed by atoms with Gasteiger partial charge in [0.05, 0.1) is 11.6 Å². The molecule has 136 valence electrons. The minimum Gasteiger partial charge on any atom is -0.488 e. The van der Waals surface area contributed by atoms with Crippen LogP contribution in [-0.4, -0.2) is 66.3 Å². The van der Waals surface area contributed by atoms with E-state index >= 15 is 0 Å². The zero-order valence-electron chi connectivity index (χ0n) is 14.7. The molecule has 2 aliphatic rings. The summed E-state index contributed by atoms with van der Waals surface area (Å²) < 4.78 is 5.71. The minimum atomic E-state index is 0. The van der Waals surface area contributed by atoms with Crippen molar-refractivity contribution in [2.24, 2.45) is 0 Å². The molecule has 1 amide bonds. The first kappa shape index (κ1) is 18.5. The van der Waals surface area contributed by atoms with Crippen LogP contribution in [0.3, 0.4) is 0 Å². The van der Waals surface area contributed by atoms with Crippen molar-refractivity contribution in [2.45, 2.75) is 38.8 Å². The molecular weight excluding hydrogens is 308 g/mol. The molecule has 1 aromatic rings. The van der Waals surface area contributed by atoms with E-state index in [0.29, 0.717) is 30.0 Å². The first-order valence-corrected chi connectivity index (χ1v) is 8.59. The number of hydrogen-bond acceptors (Lipinski definition) is 6. The highest BCUT2D eigenvalue weighted by atomic mass is 16.5. The fourth-order valence-corrected chi connectivity index (χ4v) is 2.79. The van der Waals surface area contributed by atoms with Crippen LogP contribution >= 0.6 is 0 Å². The predicted molar refractivity (Wildman–Crippen MR) is 95.7 cm³/mol. The maximum absolute atomic E-state index is 12.5. The van der Waals surface area contributed by atoms with Gasteiger partial charge in [-0.3, -0.25) is 4.79 Å². The molecule has 7 heteroatoms. The average molecular weight is 338 g/mol. The van der Waals surface area contributed by atoms with Crippen molar-refractivity contribution in [1.29, 1.82) is 0 Å². The molecule has 0 bridgehead atoms. The predicted octanol–water partition coefficient (Wildman–Crippen LogP) is 1.34. The number of carbonyl (C=O) groups is 1. The van der Waals surface area contributed by atoms with E-state index < -0.39 is 0 Å². The Hall–Kier alpha value is -1.86. The number of aromatic nitrogens is 1. The highest BCUT2D eigenvalue weighted by molar-refractivity contribution is 5.95. The van der Waals surface area contributed by atoms with Gasteiger partial charge in [-0.1, -0.05) is 6.92 Å². The smallest absolute Gasteiger partial charge is 0.255 e. The molecule has 2 atom stereocenters. The Balaban J connectivity index is 0.000000730. The normalized spacial score (nSPS) is 21.9. The largest absolute Gasteiger partial charge is 0.488 e. The molecule has 0 unspecified atom stereocenters. The summed E-state index contributed by atoms with van der Waals surface area (Å²) in [6.07, 6.45) is 3.63. The third-order valence-corrected chi connectivity index (χ3v) is 4.26. The Labute approximate surface area is 144 Å². The van der Waals surface area contributed by atoms with Crippen molar-refractivity contribution in [2.75, 3.05) is 38.7 Å². The lowest BCUT2D eigenvalue weighted by Crippen LogP contribution is -2.34. The highest BCUT2D eigenvalue weighted by Gasteiger charge is 2.27. The number of nitrogens with one attached hydrogen (secondary N) is 2. The fourth-order valence-electron chi connectivity index (χ4n) is 2.79. The van der Waals surface area contributed by atoms with Gasteiger partial charge in [0, 0.05) is 33.4 Å². The molecule has 1 fully saturated rings. The summed E-state index contributed by atoms with van der Waals surface area (Å²) in [4.78, 5) is 18.7. The number of hydrogen-bond donors (Lipinski definition) is 3. The summed E-state index contributed by atoms with van der Waals surface area (Å²) in [6.45, 7) is 6.20. The van der Waals surface area contributed by atoms with Crippen LogP contribution in [0.2, 0.25) is 0 Å². The summed E-state index contributed by atoms with van der Waals surface area (Å²) in [5.74, 6) is 1.44. The Morgan fingerprint density at radius 1 is 1.58 bits per heavy atom. The van der Waals surface area contributed by atoms with E-state index in [9.17, 15) is 4.79 Å². The average Bonchev–Trinajstić information content (AvgIpc) is 3.10. The summed E-state index contributed by atoms with van der Waals surface area (Å²) >= 11 is 0. The van der Waals surface area contributed by atoms with Gasteiger partial charge in [-0.25, -0.2) is 4.98 Å². The van der Waals surface area contributed by atoms with E-state index in [-0.39, 0.29) is 13.9 Å². The van der Waals surface area contributed by atoms with E-state index in [1.54, 1.807) is 19.2 Å². The number of nitrogens with zero attached hydrogens (tertiary/aromatic N) is 2. The van der Waals surface area contributed by atoms with Gasteiger partial charge in [0.25, 0.3) is 5.91 Å². The van der Waals surface area contributed by atoms with Crippen LogP contribution in [0.5, 0.6) is 5.75 Å². The molecule has 7 nitrogen and oxygen atoms in total. The number of amides is 1. The summed E-state index contributed by atoms with van der Waals surface area (Å²) in [6, 6.07) is 2.49. The number of rotatable bonds is 3. The van der Waals surface area contributed by atoms with E-state index in [2.05, 4.69) is 22.5 Å². The maximum Gasteiger partial charge on any atom is 0.255 e. The number of likely N-dealkylation sites (tertiary alicyclic amines) is 1. The second-order valence-electron chi connectivity index (χ2n) is 5.97. The van der Waals surface area contributed by atoms with Gasteiger partial charge in [0.2, 0.25) is 0 Å². The van der Waals surface area contributed by atoms with Crippen molar-refractivity contribution >= 4 is 11.7 Å². The zero-order valence-corrected chi connectivity index (χ0v) is 14.7. The molecule has 0 spiro atoms. The molecule has 3 rings (SSSR count). The third-order valence-electron chi connectivity index (χ3n) is 4.26. The van der Waals surface area contributed by atoms with E-state index in [0.717, 1.165) is 31.7 Å². The van der Waals surface area contributed by atoms with E-state index in [1.165, 1.54) is 0 Å². The van der Waals surface area contributed by atoms with E-state index in [4.69, 9.17) is 9.84 Å². The number of ether oxygens (including phenoxy) is 1. The molecule has 0 radical (unpaired) electrons. The van der Waals surface area contributed by atoms with Crippen molar-refractivity contribution in [3.63, 3.8) is 0 Å². The van der Waals surface area contributed by atoms with Crippen LogP contribution in [0.1, 0.15) is 38.5 Å². The summed E-state index contributed by atoms with van der Waals surface area (Å²) in [7, 11) is 1.93. The van der Waals surface area contributed by atoms with Gasteiger partial charge in [0.1, 0.15) is 6.61 Å². The molecule has 0 saturated carbocycles. The Bertz CT molecular complexity index is 559. The zero-order chi connectivity index (χ0) is 17.5. The van der Waals surface area contributed by atoms with Crippen molar-refractivity contribution in [3.05, 3.63) is 17.8 Å². The lowest BCUT2D eigenvalue weighted by molar-refractivity contribution is 0.0788. The molecule has 1 saturated heterocycles. The minimum absolute atomic E-state index is 0. The molecule has 24 heavy (non-hydrogen) atoms. The molecule has 3 heterocycles. The molecular formula is C17H30N4O3. The van der Waals surface area contributed by atoms with Crippen LogP contribution in [0, 0.1) is 0 Å². The highest BCUT2D eigenvalue weighted by Crippen LogP contribution is 2.28. The lowest BCUT2D eigenvalue weighted by Gasteiger charge is -2.26. The van der Waals surface area contributed by atoms with Crippen molar-refractivity contribution in [1.82, 2.24) is 15.2 Å². The van der Waals surface area contributed by atoms with Gasteiger partial charge in [-0.15, -0.1) is 0 Å². The number of pyridine rings is 1. The number of anilines is 1. The molecule has 2 aliphatic heterocycles. The number of fused-ring (bicyclic) bond motifs is 1. The number of likely N-dealkylation sites (N-methyl/N-ethyl adjacent to an activating group) is 1. The first-order valence-electron chi connectivity index (χ1n) is 8.59. The number of aliphatic hydroxyl groups is 1. The lowest BCUT2D eigenvalue weighted by atomic mass is 10.2. The number of carbonyl (C=O) groups excluding carboxylic acids is 1. The van der Waals surface area contributed by atoms with Gasteiger partial charge in [-0.2, -0.15) is 0 Å². The second-order valence-corrected chi connectivity index (χ2v) is 5.97. The second kappa shape index (κ2) is 8.84. The maximum atomic E-state index is 12.5. The monoisotopic (exact) mass is 338 g/mol. The van der Waals surface area contributed by atoms with Crippen molar-refractivity contribution in [3.8, 4) is 5.75 Å². The van der Waals surface area contributed by atoms with Gasteiger partial charge in [-0.05, 0) is 32.9 Å². The van der Waals surface area contributed by atoms with Crippen LogP contribution < -0.4 is 15.4 Å². The third kappa shape index (κ3) is 4.36. The quantitative estimate of drug-likeness (QED) is 0.771. The Kier molecular flexibility index (Phi) is 6.81. The van der Waals surface area contributed by atoms with E-state index in [1.807, 2.05) is 11.9 Å². The molecule has 3 N–H and O–H groups in total. The molecule has 0 aromatic carbocycles. The Morgan fingerprint density at radius 2 is 2.33 bits per heavy atom. The van der Waals surface area contributed by atoms with Crippen LogP contribution in [0.25, 0.3) is 0 Å². The van der Waals surface area contributed by atoms with Gasteiger partial charge in [0.15, 0.2) is 11.6 Å². The fraction of sp³-hybridized carbons (Fsp3) is 0.647. The molecule has 1 aromatic heterocycles. The first-order chi connectivity index (χ1) is 11.6. The summed E-state index contributed by atoms with van der Waals surface area (Å²) in [5.41, 5.74) is 0.599. The Morgan fingerprint density at radius 3 is 2.96 bits per heavy atom. The van der Waals surface area contributed by atoms with Crippen molar-refractivity contribution < 1.29 is 16.1 Å². The van der Waals surface area contributed by atoms with Crippen LogP contribution in [0.15, 0.2) is 12.3 Å². The standard InChI is InChI=1S/C15H22N4O2.C2H6O.H2/c1-3-11-9-21-13-6-10(7-17-14(13)18-11)15(20)19-5-4-12(8-19)16-2;1-2-3;/h6-7,11-12,16H,3-5,8-9H2,1-2H3,(H,17,18);3H,2H2,1H3;1H/t11-,12+;;/m1../s1. The molecule has 0 aliphatic carbocycles. The number of aliphatic hydroxyl groups excluding tert-OH is 1. The topological polar surface area (TPSA) is 86.7 Å². The van der Waals surface area contributed by atoms with Gasteiger partial charge < -0.3 is 25.4 Å².